The molecule has 15 nitrogen and oxygen atoms in total. The van der Waals surface area contributed by atoms with Crippen molar-refractivity contribution >= 4 is 29.8 Å². The lowest BCUT2D eigenvalue weighted by Crippen LogP contribution is -2.69. The number of rotatable bonds is 9. The first kappa shape index (κ1) is 39.6. The predicted molar refractivity (Wildman–Crippen MR) is 209 cm³/mol. The number of benzene rings is 3. The van der Waals surface area contributed by atoms with Gasteiger partial charge in [-0.05, 0) is 44.0 Å². The molecule has 0 aliphatic carbocycles. The number of aryl methyl sites for hydroxylation is 1. The van der Waals surface area contributed by atoms with Crippen LogP contribution < -0.4 is 29.0 Å². The van der Waals surface area contributed by atoms with Crippen LogP contribution in [-0.2, 0) is 36.8 Å². The van der Waals surface area contributed by atoms with Crippen molar-refractivity contribution in [1.82, 2.24) is 15.1 Å². The molecule has 4 bridgehead atoms. The Morgan fingerprint density at radius 1 is 1.02 bits per heavy atom. The average Bonchev–Trinajstić information content (AvgIpc) is 3.70. The van der Waals surface area contributed by atoms with Crippen LogP contribution >= 0.6 is 11.8 Å². The number of carbonyl (C=O) groups excluding carboxylic acids is 3. The fourth-order valence-corrected chi connectivity index (χ4v) is 10.8. The Kier molecular flexibility index (Phi) is 11.1. The summed E-state index contributed by atoms with van der Waals surface area (Å²) in [5.74, 6) is 1.25. The summed E-state index contributed by atoms with van der Waals surface area (Å²) in [4.78, 5) is 44.5. The molecule has 0 radical (unpaired) electrons. The van der Waals surface area contributed by atoms with Gasteiger partial charge >= 0.3 is 18.0 Å². The molecule has 2 fully saturated rings. The Hall–Kier alpha value is -5.21. The molecular weight excluding hydrogens is 769 g/mol. The Balaban J connectivity index is 1.31. The molecule has 7 atom stereocenters. The van der Waals surface area contributed by atoms with E-state index in [0.29, 0.717) is 58.5 Å². The fraction of sp³-hybridized carbons (Fsp3) is 0.476. The SMILES string of the molecule is COCCOc1c(OC)c(C)cc2c1[C@@H]1C3[C@@H]4SCC(NC(=O)OCc5ccccc5)C(=O)OC[C@H](c5c6c(c(C)c(OC(C)=O)c54)OCO6)N3[C@@H](C#N)[C@H](C2)N1C. The minimum atomic E-state index is -1.10. The third-order valence-corrected chi connectivity index (χ3v) is 13.1. The van der Waals surface area contributed by atoms with Gasteiger partial charge in [-0.15, -0.1) is 11.8 Å². The van der Waals surface area contributed by atoms with E-state index < -0.39 is 53.5 Å². The highest BCUT2D eigenvalue weighted by atomic mass is 32.2. The van der Waals surface area contributed by atoms with Gasteiger partial charge in [0.2, 0.25) is 6.79 Å². The van der Waals surface area contributed by atoms with Crippen LogP contribution in [0.2, 0.25) is 0 Å². The summed E-state index contributed by atoms with van der Waals surface area (Å²) in [7, 11) is 5.25. The Morgan fingerprint density at radius 3 is 2.52 bits per heavy atom. The number of carbonyl (C=O) groups is 3. The van der Waals surface area contributed by atoms with Gasteiger partial charge < -0.3 is 43.2 Å². The van der Waals surface area contributed by atoms with Gasteiger partial charge in [-0.3, -0.25) is 14.6 Å². The molecule has 306 valence electrons. The third-order valence-electron chi connectivity index (χ3n) is 11.7. The topological polar surface area (TPSA) is 167 Å². The normalized spacial score (nSPS) is 25.6. The van der Waals surface area contributed by atoms with Gasteiger partial charge in [-0.25, -0.2) is 9.59 Å². The molecule has 0 aromatic heterocycles. The lowest BCUT2D eigenvalue weighted by atomic mass is 9.71. The van der Waals surface area contributed by atoms with Crippen molar-refractivity contribution in [1.29, 1.82) is 5.26 Å². The molecule has 1 N–H and O–H groups in total. The molecule has 16 heteroatoms. The number of nitriles is 1. The fourth-order valence-electron chi connectivity index (χ4n) is 9.32. The van der Waals surface area contributed by atoms with Gasteiger partial charge in [0, 0.05) is 54.1 Å². The van der Waals surface area contributed by atoms with Crippen molar-refractivity contribution in [2.75, 3.05) is 53.6 Å². The molecule has 58 heavy (non-hydrogen) atoms. The van der Waals surface area contributed by atoms with Gasteiger partial charge in [0.25, 0.3) is 0 Å². The van der Waals surface area contributed by atoms with E-state index in [9.17, 15) is 19.6 Å². The average molecular weight is 815 g/mol. The van der Waals surface area contributed by atoms with Gasteiger partial charge in [0.1, 0.15) is 37.7 Å². The Morgan fingerprint density at radius 2 is 1.79 bits per heavy atom. The summed E-state index contributed by atoms with van der Waals surface area (Å²) in [5, 5.41) is 13.3. The minimum Gasteiger partial charge on any atom is -0.493 e. The molecule has 0 spiro atoms. The smallest absolute Gasteiger partial charge is 0.408 e. The van der Waals surface area contributed by atoms with Crippen molar-refractivity contribution in [2.45, 2.75) is 75.3 Å². The number of alkyl carbamates (subject to hydrolysis) is 1. The van der Waals surface area contributed by atoms with Crippen LogP contribution in [0.3, 0.4) is 0 Å². The van der Waals surface area contributed by atoms with Crippen LogP contribution in [0.5, 0.6) is 28.7 Å². The van der Waals surface area contributed by atoms with E-state index in [4.69, 9.17) is 37.9 Å². The molecule has 6 aliphatic rings. The van der Waals surface area contributed by atoms with E-state index in [2.05, 4.69) is 27.3 Å². The number of nitrogens with zero attached hydrogens (tertiary/aromatic N) is 3. The van der Waals surface area contributed by atoms with Crippen molar-refractivity contribution in [2.24, 2.45) is 0 Å². The van der Waals surface area contributed by atoms with E-state index in [-0.39, 0.29) is 38.4 Å². The Bertz CT molecular complexity index is 2160. The number of ether oxygens (including phenoxy) is 8. The van der Waals surface area contributed by atoms with Crippen molar-refractivity contribution in [3.63, 3.8) is 0 Å². The van der Waals surface area contributed by atoms with E-state index in [0.717, 1.165) is 22.3 Å². The maximum atomic E-state index is 14.0. The number of thioether (sulfide) groups is 1. The molecule has 3 aromatic rings. The number of methoxy groups -OCH3 is 2. The molecule has 0 saturated carbocycles. The van der Waals surface area contributed by atoms with Gasteiger partial charge in [-0.1, -0.05) is 36.4 Å². The second-order valence-electron chi connectivity index (χ2n) is 15.0. The maximum absolute atomic E-state index is 14.0. The monoisotopic (exact) mass is 814 g/mol. The summed E-state index contributed by atoms with van der Waals surface area (Å²) in [5.41, 5.74) is 5.52. The van der Waals surface area contributed by atoms with Crippen molar-refractivity contribution in [3.8, 4) is 34.8 Å². The van der Waals surface area contributed by atoms with Crippen LogP contribution in [0.15, 0.2) is 36.4 Å². The number of hydrogen-bond donors (Lipinski definition) is 1. The number of fused-ring (bicyclic) bond motifs is 10. The van der Waals surface area contributed by atoms with Crippen LogP contribution in [-0.4, -0.2) is 106 Å². The summed E-state index contributed by atoms with van der Waals surface area (Å²) in [6.45, 7) is 5.49. The molecule has 2 unspecified atom stereocenters. The summed E-state index contributed by atoms with van der Waals surface area (Å²) in [6.07, 6.45) is -0.241. The van der Waals surface area contributed by atoms with Crippen LogP contribution in [0.4, 0.5) is 4.79 Å². The zero-order valence-electron chi connectivity index (χ0n) is 33.2. The lowest BCUT2D eigenvalue weighted by molar-refractivity contribution is -0.151. The van der Waals surface area contributed by atoms with Crippen molar-refractivity contribution < 1.29 is 52.3 Å². The first-order valence-electron chi connectivity index (χ1n) is 19.2. The molecule has 1 amide bonds. The maximum Gasteiger partial charge on any atom is 0.408 e. The molecule has 2 saturated heterocycles. The lowest BCUT2D eigenvalue weighted by Gasteiger charge is -2.61. The van der Waals surface area contributed by atoms with Crippen molar-refractivity contribution in [3.05, 3.63) is 75.3 Å². The highest BCUT2D eigenvalue weighted by Crippen LogP contribution is 2.64. The first-order chi connectivity index (χ1) is 28.1. The van der Waals surface area contributed by atoms with Crippen LogP contribution in [0.1, 0.15) is 63.2 Å². The highest BCUT2D eigenvalue weighted by Gasteiger charge is 2.61. The minimum absolute atomic E-state index is 0.0107. The zero-order chi connectivity index (χ0) is 40.8. The predicted octanol–water partition coefficient (Wildman–Crippen LogP) is 4.85. The summed E-state index contributed by atoms with van der Waals surface area (Å²) < 4.78 is 47.9. The molecular formula is C42H46N4O11S. The van der Waals surface area contributed by atoms with Gasteiger partial charge in [0.05, 0.1) is 37.1 Å². The van der Waals surface area contributed by atoms with Crippen LogP contribution in [0.25, 0.3) is 0 Å². The Labute approximate surface area is 340 Å². The first-order valence-corrected chi connectivity index (χ1v) is 20.2. The number of nitrogens with one attached hydrogen (secondary N) is 1. The third kappa shape index (κ3) is 6.73. The highest BCUT2D eigenvalue weighted by molar-refractivity contribution is 7.99. The van der Waals surface area contributed by atoms with E-state index in [1.807, 2.05) is 51.2 Å². The number of esters is 2. The largest absolute Gasteiger partial charge is 0.493 e. The molecule has 6 heterocycles. The van der Waals surface area contributed by atoms with Gasteiger partial charge in [-0.2, -0.15) is 5.26 Å². The summed E-state index contributed by atoms with van der Waals surface area (Å²) >= 11 is 1.40. The van der Waals surface area contributed by atoms with Gasteiger partial charge in [0.15, 0.2) is 23.0 Å². The molecule has 3 aromatic carbocycles. The quantitative estimate of drug-likeness (QED) is 0.177. The second kappa shape index (κ2) is 16.2. The zero-order valence-corrected chi connectivity index (χ0v) is 34.0. The van der Waals surface area contributed by atoms with Crippen LogP contribution in [0, 0.1) is 25.2 Å². The van der Waals surface area contributed by atoms with E-state index >= 15 is 0 Å². The number of piperazine rings is 1. The van der Waals surface area contributed by atoms with E-state index in [1.165, 1.54) is 18.7 Å². The number of hydrogen-bond acceptors (Lipinski definition) is 15. The molecule has 6 aliphatic heterocycles. The standard InChI is InChI=1S/C42H46N4O11S/c1-21-14-25-15-27-28(16-43)46-29-18-53-41(48)26(44-42(49)54-17-24-10-8-7-9-11-24)19-58-40(32-31(29)39-37(55-20-56-39)22(2)36(32)57-23(3)47)34(46)33(45(27)4)30(25)38(35(21)51-6)52-13-12-50-5/h7-11,14,26-29,33-34,40H,12-13,15,17-20H2,1-6H3,(H,44,49)/t26?,27-,28-,29+,33+,34?,40+/m0/s1. The number of likely N-dealkylation sites (N-methyl/N-ethyl adjacent to an activating group) is 1. The molecule has 9 rings (SSSR count). The second-order valence-corrected chi connectivity index (χ2v) is 16.1. The summed E-state index contributed by atoms with van der Waals surface area (Å²) in [6, 6.07) is 10.2. The number of amides is 1. The van der Waals surface area contributed by atoms with E-state index in [1.54, 1.807) is 14.2 Å².